The van der Waals surface area contributed by atoms with Crippen LogP contribution in [-0.2, 0) is 19.6 Å². The molecule has 0 saturated carbocycles. The zero-order chi connectivity index (χ0) is 19.2. The first-order valence-electron chi connectivity index (χ1n) is 10.3. The minimum atomic E-state index is 0.246. The number of aryl methyl sites for hydroxylation is 3. The van der Waals surface area contributed by atoms with Gasteiger partial charge in [-0.25, -0.2) is 0 Å². The van der Waals surface area contributed by atoms with E-state index >= 15 is 0 Å². The van der Waals surface area contributed by atoms with Crippen LogP contribution in [0, 0.1) is 13.8 Å². The van der Waals surface area contributed by atoms with Gasteiger partial charge in [0.15, 0.2) is 0 Å². The SMILES string of the molecule is CCCn1cc(CN2CCN(Cc3ccccc3C)[C@@H](CCO)C2)c(C)n1. The van der Waals surface area contributed by atoms with Crippen molar-refractivity contribution in [2.45, 2.75) is 59.3 Å². The molecular formula is C22H34N4O. The first kappa shape index (κ1) is 20.1. The summed E-state index contributed by atoms with van der Waals surface area (Å²) in [6.45, 7) is 12.7. The summed E-state index contributed by atoms with van der Waals surface area (Å²) in [4.78, 5) is 5.07. The molecule has 27 heavy (non-hydrogen) atoms. The molecule has 1 fully saturated rings. The van der Waals surface area contributed by atoms with Crippen LogP contribution in [0.25, 0.3) is 0 Å². The van der Waals surface area contributed by atoms with Crippen LogP contribution in [-0.4, -0.2) is 57.0 Å². The predicted molar refractivity (Wildman–Crippen MR) is 110 cm³/mol. The number of aromatic nitrogens is 2. The van der Waals surface area contributed by atoms with Crippen LogP contribution in [0.5, 0.6) is 0 Å². The van der Waals surface area contributed by atoms with Gasteiger partial charge in [-0.05, 0) is 37.8 Å². The average Bonchev–Trinajstić information content (AvgIpc) is 2.99. The highest BCUT2D eigenvalue weighted by atomic mass is 16.3. The van der Waals surface area contributed by atoms with Crippen molar-refractivity contribution in [1.29, 1.82) is 0 Å². The molecule has 148 valence electrons. The Morgan fingerprint density at radius 2 is 1.93 bits per heavy atom. The van der Waals surface area contributed by atoms with Gasteiger partial charge >= 0.3 is 0 Å². The Balaban J connectivity index is 1.64. The number of rotatable bonds is 8. The molecule has 2 aromatic rings. The molecule has 1 aromatic carbocycles. The lowest BCUT2D eigenvalue weighted by Gasteiger charge is -2.41. The molecule has 1 aliphatic rings. The predicted octanol–water partition coefficient (Wildman–Crippen LogP) is 2.98. The fourth-order valence-corrected chi connectivity index (χ4v) is 4.04. The van der Waals surface area contributed by atoms with Crippen LogP contribution in [0.2, 0.25) is 0 Å². The van der Waals surface area contributed by atoms with Crippen LogP contribution >= 0.6 is 0 Å². The smallest absolute Gasteiger partial charge is 0.0638 e. The van der Waals surface area contributed by atoms with Crippen molar-refractivity contribution in [2.75, 3.05) is 26.2 Å². The van der Waals surface area contributed by atoms with Gasteiger partial charge in [0.1, 0.15) is 0 Å². The lowest BCUT2D eigenvalue weighted by atomic mass is 10.0. The summed E-state index contributed by atoms with van der Waals surface area (Å²) in [5.41, 5.74) is 5.22. The second kappa shape index (κ2) is 9.49. The molecule has 1 saturated heterocycles. The molecule has 0 radical (unpaired) electrons. The van der Waals surface area contributed by atoms with Crippen molar-refractivity contribution in [2.24, 2.45) is 0 Å². The Bertz CT molecular complexity index is 727. The lowest BCUT2D eigenvalue weighted by molar-refractivity contribution is 0.0498. The van der Waals surface area contributed by atoms with E-state index in [2.05, 4.69) is 70.8 Å². The molecule has 1 atom stereocenters. The fraction of sp³-hybridized carbons (Fsp3) is 0.591. The Morgan fingerprint density at radius 3 is 2.67 bits per heavy atom. The monoisotopic (exact) mass is 370 g/mol. The zero-order valence-electron chi connectivity index (χ0n) is 17.1. The van der Waals surface area contributed by atoms with Crippen LogP contribution in [0.3, 0.4) is 0 Å². The maximum atomic E-state index is 9.58. The molecule has 0 amide bonds. The number of benzene rings is 1. The summed E-state index contributed by atoms with van der Waals surface area (Å²) in [7, 11) is 0. The van der Waals surface area contributed by atoms with Gasteiger partial charge in [0, 0.05) is 63.7 Å². The molecule has 0 aliphatic carbocycles. The summed E-state index contributed by atoms with van der Waals surface area (Å²) < 4.78 is 2.07. The van der Waals surface area contributed by atoms with Gasteiger partial charge in [0.2, 0.25) is 0 Å². The molecule has 1 N–H and O–H groups in total. The third kappa shape index (κ3) is 5.18. The summed E-state index contributed by atoms with van der Waals surface area (Å²) in [6.07, 6.45) is 4.15. The third-order valence-electron chi connectivity index (χ3n) is 5.68. The molecule has 5 heteroatoms. The van der Waals surface area contributed by atoms with E-state index in [4.69, 9.17) is 0 Å². The summed E-state index contributed by atoms with van der Waals surface area (Å²) >= 11 is 0. The van der Waals surface area contributed by atoms with Gasteiger partial charge in [-0.2, -0.15) is 5.10 Å². The Morgan fingerprint density at radius 1 is 1.11 bits per heavy atom. The normalized spacial score (nSPS) is 18.9. The number of piperazine rings is 1. The van der Waals surface area contributed by atoms with Gasteiger partial charge in [0.25, 0.3) is 0 Å². The van der Waals surface area contributed by atoms with E-state index in [9.17, 15) is 5.11 Å². The summed E-state index contributed by atoms with van der Waals surface area (Å²) in [6, 6.07) is 9.03. The van der Waals surface area contributed by atoms with Gasteiger partial charge < -0.3 is 5.11 Å². The first-order chi connectivity index (χ1) is 13.1. The Hall–Kier alpha value is -1.69. The highest BCUT2D eigenvalue weighted by Gasteiger charge is 2.27. The molecule has 1 aliphatic heterocycles. The van der Waals surface area contributed by atoms with Crippen molar-refractivity contribution in [3.63, 3.8) is 0 Å². The maximum absolute atomic E-state index is 9.58. The topological polar surface area (TPSA) is 44.5 Å². The minimum absolute atomic E-state index is 0.246. The number of aliphatic hydroxyl groups excluding tert-OH is 1. The molecule has 5 nitrogen and oxygen atoms in total. The van der Waals surface area contributed by atoms with E-state index in [-0.39, 0.29) is 6.61 Å². The quantitative estimate of drug-likeness (QED) is 0.776. The molecule has 0 spiro atoms. The van der Waals surface area contributed by atoms with Crippen molar-refractivity contribution >= 4 is 0 Å². The van der Waals surface area contributed by atoms with Gasteiger partial charge in [-0.15, -0.1) is 0 Å². The minimum Gasteiger partial charge on any atom is -0.396 e. The average molecular weight is 371 g/mol. The summed E-state index contributed by atoms with van der Waals surface area (Å²) in [5.74, 6) is 0. The first-order valence-corrected chi connectivity index (χ1v) is 10.3. The standard InChI is InChI=1S/C22H34N4O/c1-4-10-26-16-21(19(3)23-26)14-24-11-12-25(22(17-24)9-13-27)15-20-8-6-5-7-18(20)2/h5-8,16,22,27H,4,9-15,17H2,1-3H3/t22-/m0/s1. The highest BCUT2D eigenvalue weighted by Crippen LogP contribution is 2.20. The van der Waals surface area contributed by atoms with Gasteiger partial charge in [0.05, 0.1) is 5.69 Å². The van der Waals surface area contributed by atoms with E-state index in [1.807, 2.05) is 0 Å². The number of hydrogen-bond donors (Lipinski definition) is 1. The van der Waals surface area contributed by atoms with E-state index in [0.717, 1.165) is 57.8 Å². The Labute approximate surface area is 163 Å². The van der Waals surface area contributed by atoms with Crippen LogP contribution in [0.1, 0.15) is 42.1 Å². The highest BCUT2D eigenvalue weighted by molar-refractivity contribution is 5.25. The maximum Gasteiger partial charge on any atom is 0.0638 e. The molecule has 3 rings (SSSR count). The van der Waals surface area contributed by atoms with E-state index in [0.29, 0.717) is 6.04 Å². The number of hydrogen-bond acceptors (Lipinski definition) is 4. The van der Waals surface area contributed by atoms with Crippen molar-refractivity contribution in [3.8, 4) is 0 Å². The second-order valence-electron chi connectivity index (χ2n) is 7.80. The second-order valence-corrected chi connectivity index (χ2v) is 7.80. The van der Waals surface area contributed by atoms with Crippen molar-refractivity contribution in [1.82, 2.24) is 19.6 Å². The molecule has 0 unspecified atom stereocenters. The van der Waals surface area contributed by atoms with Crippen molar-refractivity contribution in [3.05, 3.63) is 52.8 Å². The van der Waals surface area contributed by atoms with Crippen LogP contribution in [0.15, 0.2) is 30.5 Å². The Kier molecular flexibility index (Phi) is 7.05. The van der Waals surface area contributed by atoms with E-state index in [1.165, 1.54) is 16.7 Å². The third-order valence-corrected chi connectivity index (χ3v) is 5.68. The summed E-state index contributed by atoms with van der Waals surface area (Å²) in [5, 5.41) is 14.2. The van der Waals surface area contributed by atoms with Gasteiger partial charge in [-0.1, -0.05) is 31.2 Å². The van der Waals surface area contributed by atoms with Crippen LogP contribution < -0.4 is 0 Å². The molecule has 2 heterocycles. The van der Waals surface area contributed by atoms with Gasteiger partial charge in [-0.3, -0.25) is 14.5 Å². The number of aliphatic hydroxyl groups is 1. The zero-order valence-corrected chi connectivity index (χ0v) is 17.1. The number of nitrogens with zero attached hydrogens (tertiary/aromatic N) is 4. The fourth-order valence-electron chi connectivity index (χ4n) is 4.04. The van der Waals surface area contributed by atoms with E-state index < -0.39 is 0 Å². The van der Waals surface area contributed by atoms with Crippen molar-refractivity contribution < 1.29 is 5.11 Å². The lowest BCUT2D eigenvalue weighted by Crippen LogP contribution is -2.52. The van der Waals surface area contributed by atoms with E-state index in [1.54, 1.807) is 0 Å². The largest absolute Gasteiger partial charge is 0.396 e. The molecule has 0 bridgehead atoms. The molecule has 1 aromatic heterocycles. The van der Waals surface area contributed by atoms with Crippen LogP contribution in [0.4, 0.5) is 0 Å². The molecular weight excluding hydrogens is 336 g/mol.